The molecule has 0 rings (SSSR count). The van der Waals surface area contributed by atoms with Crippen LogP contribution in [0.1, 0.15) is 222 Å². The molecule has 19 nitrogen and oxygen atoms in total. The zero-order valence-electron chi connectivity index (χ0n) is 62.0. The third-order valence-electron chi connectivity index (χ3n) is 15.9. The number of ether oxygens (including phenoxy) is 10. The highest BCUT2D eigenvalue weighted by Gasteiger charge is 2.20. The number of carbonyl (C=O) groups excluding carboxylic acids is 6. The molecule has 0 aromatic rings. The molecular formula is C73H139N3O16S4. The molecule has 0 radical (unpaired) electrons. The summed E-state index contributed by atoms with van der Waals surface area (Å²) in [6.07, 6.45) is 28.2. The van der Waals surface area contributed by atoms with Gasteiger partial charge in [-0.1, -0.05) is 158 Å². The topological polar surface area (TPSA) is 204 Å². The molecular weight excluding hydrogens is 1300 g/mol. The van der Waals surface area contributed by atoms with E-state index in [1.807, 2.05) is 51.2 Å². The predicted molar refractivity (Wildman–Crippen MR) is 398 cm³/mol. The van der Waals surface area contributed by atoms with Gasteiger partial charge in [-0.15, -0.1) is 0 Å². The van der Waals surface area contributed by atoms with Crippen LogP contribution in [0.3, 0.4) is 0 Å². The summed E-state index contributed by atoms with van der Waals surface area (Å²) in [7, 11) is 2.10. The first-order chi connectivity index (χ1) is 46.7. The molecule has 0 aromatic carbocycles. The summed E-state index contributed by atoms with van der Waals surface area (Å²) >= 11 is 7.18. The fourth-order valence-corrected chi connectivity index (χ4v) is 14.1. The number of thioether (sulfide) groups is 4. The predicted octanol–water partition coefficient (Wildman–Crippen LogP) is 14.5. The van der Waals surface area contributed by atoms with Crippen molar-refractivity contribution in [3.05, 3.63) is 0 Å². The Morgan fingerprint density at radius 3 is 0.865 bits per heavy atom. The summed E-state index contributed by atoms with van der Waals surface area (Å²) in [5.41, 5.74) is 0. The van der Waals surface area contributed by atoms with Crippen LogP contribution in [0.5, 0.6) is 0 Å². The van der Waals surface area contributed by atoms with Gasteiger partial charge in [0.1, 0.15) is 53.2 Å². The summed E-state index contributed by atoms with van der Waals surface area (Å²) in [4.78, 5) is 82.9. The van der Waals surface area contributed by atoms with E-state index in [-0.39, 0.29) is 127 Å². The lowest BCUT2D eigenvalue weighted by Gasteiger charge is -2.25. The number of rotatable bonds is 74. The monoisotopic (exact) mass is 1440 g/mol. The van der Waals surface area contributed by atoms with Crippen LogP contribution in [0.4, 0.5) is 0 Å². The smallest absolute Gasteiger partial charge is 0.309 e. The first-order valence-corrected chi connectivity index (χ1v) is 42.0. The van der Waals surface area contributed by atoms with Gasteiger partial charge in [-0.05, 0) is 108 Å². The largest absolute Gasteiger partial charge is 0.463 e. The molecule has 0 bridgehead atoms. The molecule has 566 valence electrons. The summed E-state index contributed by atoms with van der Waals surface area (Å²) in [6, 6.07) is 0. The second-order valence-corrected chi connectivity index (χ2v) is 30.0. The molecule has 0 amide bonds. The SMILES string of the molecule is CCCCCCCSCC(C)C(=O)OCCOCOCCCN(CCCOCOCCOC(=O)C(C)CSCCCCCCC)CCCN(C)CCCN(CCC(=O)OCCOC(=O)C(C)CSCCCCCCC)CCC(=O)OCCOC(=O)C(C)CSCCCCCCC. The van der Waals surface area contributed by atoms with Crippen LogP contribution < -0.4 is 0 Å². The van der Waals surface area contributed by atoms with Crippen LogP contribution in [-0.2, 0) is 76.1 Å². The lowest BCUT2D eigenvalue weighted by atomic mass is 10.2. The van der Waals surface area contributed by atoms with Crippen molar-refractivity contribution in [1.29, 1.82) is 0 Å². The molecule has 0 aliphatic carbocycles. The maximum Gasteiger partial charge on any atom is 0.309 e. The number of carbonyl (C=O) groups is 6. The van der Waals surface area contributed by atoms with Gasteiger partial charge in [0.05, 0.1) is 62.9 Å². The fourth-order valence-electron chi connectivity index (χ4n) is 9.80. The van der Waals surface area contributed by atoms with Gasteiger partial charge in [-0.3, -0.25) is 28.8 Å². The Morgan fingerprint density at radius 2 is 0.552 bits per heavy atom. The van der Waals surface area contributed by atoms with Gasteiger partial charge in [-0.2, -0.15) is 47.0 Å². The van der Waals surface area contributed by atoms with Crippen LogP contribution in [0.25, 0.3) is 0 Å². The second-order valence-electron chi connectivity index (χ2n) is 25.4. The number of esters is 6. The van der Waals surface area contributed by atoms with Gasteiger partial charge in [0.25, 0.3) is 0 Å². The van der Waals surface area contributed by atoms with Gasteiger partial charge in [0.15, 0.2) is 0 Å². The first-order valence-electron chi connectivity index (χ1n) is 37.4. The number of hydrogen-bond donors (Lipinski definition) is 0. The van der Waals surface area contributed by atoms with Crippen molar-refractivity contribution in [2.75, 3.05) is 185 Å². The Hall–Kier alpha value is -2.06. The van der Waals surface area contributed by atoms with E-state index in [1.165, 1.54) is 116 Å². The minimum Gasteiger partial charge on any atom is -0.463 e. The van der Waals surface area contributed by atoms with E-state index in [0.717, 1.165) is 106 Å². The molecule has 23 heteroatoms. The summed E-state index contributed by atoms with van der Waals surface area (Å²) < 4.78 is 55.6. The van der Waals surface area contributed by atoms with Gasteiger partial charge in [-0.25, -0.2) is 0 Å². The Kier molecular flexibility index (Phi) is 69.8. The minimum atomic E-state index is -0.408. The van der Waals surface area contributed by atoms with Crippen LogP contribution >= 0.6 is 47.0 Å². The Morgan fingerprint density at radius 1 is 0.292 bits per heavy atom. The van der Waals surface area contributed by atoms with Gasteiger partial charge in [0, 0.05) is 49.2 Å². The van der Waals surface area contributed by atoms with E-state index >= 15 is 0 Å². The summed E-state index contributed by atoms with van der Waals surface area (Å²) in [6.45, 7) is 24.1. The van der Waals surface area contributed by atoms with Crippen molar-refractivity contribution in [3.8, 4) is 0 Å². The molecule has 4 unspecified atom stereocenters. The molecule has 0 heterocycles. The van der Waals surface area contributed by atoms with Crippen molar-refractivity contribution in [2.45, 2.75) is 222 Å². The third kappa shape index (κ3) is 62.9. The van der Waals surface area contributed by atoms with Crippen molar-refractivity contribution in [3.63, 3.8) is 0 Å². The van der Waals surface area contributed by atoms with E-state index in [1.54, 1.807) is 23.5 Å². The van der Waals surface area contributed by atoms with Crippen LogP contribution in [0.15, 0.2) is 0 Å². The fraction of sp³-hybridized carbons (Fsp3) is 0.918. The Labute approximate surface area is 601 Å². The minimum absolute atomic E-state index is 0.00217. The Bertz CT molecular complexity index is 1710. The van der Waals surface area contributed by atoms with Crippen molar-refractivity contribution in [2.24, 2.45) is 23.7 Å². The Balaban J connectivity index is 5.30. The molecule has 4 atom stereocenters. The van der Waals surface area contributed by atoms with Crippen molar-refractivity contribution < 1.29 is 76.1 Å². The molecule has 0 N–H and O–H groups in total. The molecule has 0 saturated carbocycles. The highest BCUT2D eigenvalue weighted by atomic mass is 32.2. The lowest BCUT2D eigenvalue weighted by Crippen LogP contribution is -2.34. The zero-order valence-corrected chi connectivity index (χ0v) is 65.3. The van der Waals surface area contributed by atoms with E-state index in [4.69, 9.17) is 47.4 Å². The summed E-state index contributed by atoms with van der Waals surface area (Å²) in [5, 5.41) is 0. The number of nitrogens with zero attached hydrogens (tertiary/aromatic N) is 3. The maximum atomic E-state index is 13.0. The molecule has 0 aliphatic heterocycles. The average Bonchev–Trinajstić information content (AvgIpc) is 3.25. The number of hydrogen-bond acceptors (Lipinski definition) is 23. The second kappa shape index (κ2) is 71.3. The van der Waals surface area contributed by atoms with E-state index < -0.39 is 11.9 Å². The number of unbranched alkanes of at least 4 members (excludes halogenated alkanes) is 16. The average molecular weight is 1440 g/mol. The molecule has 0 spiro atoms. The molecule has 0 aromatic heterocycles. The van der Waals surface area contributed by atoms with Gasteiger partial charge >= 0.3 is 35.8 Å². The zero-order chi connectivity index (χ0) is 70.6. The standard InChI is InChI=1S/C73H139N3O16S4/c1-10-14-18-22-26-54-93-58-64(5)70(79)89-48-46-85-62-83-44-32-40-75(41-33-45-84-63-86-47-49-90-71(80)65(6)59-94-55-27-23-19-15-11-2)38-30-36-74(9)37-31-39-76(42-34-68(77)87-50-52-91-72(81)66(7)60-95-56-28-24-20-16-12-3)43-35-69(78)88-51-53-92-73(82)67(8)61-96-57-29-25-21-17-13-4/h64-67H,10-63H2,1-9H3. The van der Waals surface area contributed by atoms with Crippen LogP contribution in [0, 0.1) is 23.7 Å². The van der Waals surface area contributed by atoms with Gasteiger partial charge in [0.2, 0.25) is 0 Å². The van der Waals surface area contributed by atoms with E-state index in [9.17, 15) is 28.8 Å². The van der Waals surface area contributed by atoms with Gasteiger partial charge < -0.3 is 62.1 Å². The summed E-state index contributed by atoms with van der Waals surface area (Å²) in [5.74, 6) is 4.56. The quantitative estimate of drug-likeness (QED) is 0.0240. The third-order valence-corrected chi connectivity index (χ3v) is 21.2. The van der Waals surface area contributed by atoms with Crippen LogP contribution in [-0.4, -0.2) is 236 Å². The molecule has 96 heavy (non-hydrogen) atoms. The maximum absolute atomic E-state index is 13.0. The normalized spacial score (nSPS) is 12.9. The van der Waals surface area contributed by atoms with E-state index in [2.05, 4.69) is 49.4 Å². The first kappa shape index (κ1) is 93.9. The van der Waals surface area contributed by atoms with Crippen LogP contribution in [0.2, 0.25) is 0 Å². The van der Waals surface area contributed by atoms with Crippen molar-refractivity contribution >= 4 is 82.9 Å². The van der Waals surface area contributed by atoms with Crippen molar-refractivity contribution in [1.82, 2.24) is 14.7 Å². The van der Waals surface area contributed by atoms with E-state index in [0.29, 0.717) is 44.4 Å². The molecule has 0 saturated heterocycles. The highest BCUT2D eigenvalue weighted by Crippen LogP contribution is 2.18. The molecule has 0 aliphatic rings. The highest BCUT2D eigenvalue weighted by molar-refractivity contribution is 7.99. The lowest BCUT2D eigenvalue weighted by molar-refractivity contribution is -0.154. The molecule has 0 fully saturated rings.